The van der Waals surface area contributed by atoms with Crippen LogP contribution < -0.4 is 9.62 Å². The predicted molar refractivity (Wildman–Crippen MR) is 157 cm³/mol. The van der Waals surface area contributed by atoms with E-state index < -0.39 is 28.5 Å². The second-order valence-electron chi connectivity index (χ2n) is 8.74. The molecule has 0 saturated heterocycles. The number of carbonyl (C=O) groups is 2. The van der Waals surface area contributed by atoms with Crippen molar-refractivity contribution < 1.29 is 18.0 Å². The molecule has 0 aromatic heterocycles. The van der Waals surface area contributed by atoms with Crippen molar-refractivity contribution in [2.24, 2.45) is 0 Å². The fourth-order valence-corrected chi connectivity index (χ4v) is 5.89. The van der Waals surface area contributed by atoms with Crippen LogP contribution in [0, 0.1) is 6.92 Å². The van der Waals surface area contributed by atoms with Gasteiger partial charge in [0.1, 0.15) is 12.6 Å². The lowest BCUT2D eigenvalue weighted by Gasteiger charge is -2.32. The first-order chi connectivity index (χ1) is 18.1. The second-order valence-corrected chi connectivity index (χ2v) is 12.4. The zero-order valence-electron chi connectivity index (χ0n) is 21.8. The highest BCUT2D eigenvalue weighted by atomic mass is 79.9. The molecule has 0 fully saturated rings. The lowest BCUT2D eigenvalue weighted by molar-refractivity contribution is -0.139. The summed E-state index contributed by atoms with van der Waals surface area (Å²) in [5.74, 6) is -0.799. The van der Waals surface area contributed by atoms with Gasteiger partial charge in [0.2, 0.25) is 11.8 Å². The lowest BCUT2D eigenvalue weighted by atomic mass is 10.1. The van der Waals surface area contributed by atoms with Gasteiger partial charge in [-0.15, -0.1) is 11.8 Å². The smallest absolute Gasteiger partial charge is 0.264 e. The van der Waals surface area contributed by atoms with Gasteiger partial charge in [-0.1, -0.05) is 45.8 Å². The van der Waals surface area contributed by atoms with E-state index in [9.17, 15) is 18.0 Å². The van der Waals surface area contributed by atoms with Gasteiger partial charge in [0, 0.05) is 22.5 Å². The molecular weight excluding hydrogens is 586 g/mol. The van der Waals surface area contributed by atoms with Gasteiger partial charge in [-0.05, 0) is 81.1 Å². The van der Waals surface area contributed by atoms with Crippen LogP contribution in [-0.4, -0.2) is 50.5 Å². The van der Waals surface area contributed by atoms with Crippen LogP contribution in [0.4, 0.5) is 5.69 Å². The van der Waals surface area contributed by atoms with Gasteiger partial charge in [0.15, 0.2) is 0 Å². The van der Waals surface area contributed by atoms with Crippen molar-refractivity contribution in [3.63, 3.8) is 0 Å². The van der Waals surface area contributed by atoms with Gasteiger partial charge in [-0.25, -0.2) is 8.42 Å². The Morgan fingerprint density at radius 2 is 1.58 bits per heavy atom. The van der Waals surface area contributed by atoms with Crippen molar-refractivity contribution in [3.05, 3.63) is 88.4 Å². The summed E-state index contributed by atoms with van der Waals surface area (Å²) in [4.78, 5) is 29.0. The van der Waals surface area contributed by atoms with Crippen LogP contribution in [0.25, 0.3) is 0 Å². The Bertz CT molecular complexity index is 1350. The van der Waals surface area contributed by atoms with Crippen LogP contribution in [0.1, 0.15) is 25.0 Å². The molecule has 0 radical (unpaired) electrons. The van der Waals surface area contributed by atoms with E-state index in [0.717, 1.165) is 24.8 Å². The maximum Gasteiger partial charge on any atom is 0.264 e. The number of halogens is 1. The van der Waals surface area contributed by atoms with E-state index in [4.69, 9.17) is 0 Å². The number of amides is 2. The van der Waals surface area contributed by atoms with Crippen LogP contribution in [0.2, 0.25) is 0 Å². The van der Waals surface area contributed by atoms with Crippen molar-refractivity contribution in [2.75, 3.05) is 23.7 Å². The monoisotopic (exact) mass is 617 g/mol. The van der Waals surface area contributed by atoms with E-state index in [1.54, 1.807) is 62.4 Å². The lowest BCUT2D eigenvalue weighted by Crippen LogP contribution is -2.51. The number of aryl methyl sites for hydroxylation is 1. The molecule has 2 amide bonds. The van der Waals surface area contributed by atoms with Crippen LogP contribution in [-0.2, 0) is 26.2 Å². The molecule has 0 saturated carbocycles. The number of benzene rings is 3. The molecule has 0 spiro atoms. The Labute approximate surface area is 237 Å². The number of hydrogen-bond acceptors (Lipinski definition) is 5. The van der Waals surface area contributed by atoms with E-state index >= 15 is 0 Å². The first-order valence-electron chi connectivity index (χ1n) is 12.1. The Hall–Kier alpha value is -2.82. The molecule has 3 aromatic carbocycles. The molecule has 7 nitrogen and oxygen atoms in total. The number of nitrogens with one attached hydrogen (secondary N) is 1. The molecular formula is C28H32BrN3O4S2. The Morgan fingerprint density at radius 1 is 0.974 bits per heavy atom. The summed E-state index contributed by atoms with van der Waals surface area (Å²) in [6.45, 7) is 5.46. The number of anilines is 1. The van der Waals surface area contributed by atoms with Gasteiger partial charge >= 0.3 is 0 Å². The summed E-state index contributed by atoms with van der Waals surface area (Å²) in [6.07, 6.45) is 1.91. The minimum atomic E-state index is -4.09. The van der Waals surface area contributed by atoms with Crippen molar-refractivity contribution in [1.82, 2.24) is 10.2 Å². The van der Waals surface area contributed by atoms with E-state index in [1.807, 2.05) is 37.4 Å². The van der Waals surface area contributed by atoms with Crippen molar-refractivity contribution in [1.29, 1.82) is 0 Å². The maximum absolute atomic E-state index is 13.8. The first-order valence-corrected chi connectivity index (χ1v) is 15.6. The number of hydrogen-bond donors (Lipinski definition) is 1. The molecule has 0 aliphatic carbocycles. The number of nitrogens with zero attached hydrogens (tertiary/aromatic N) is 2. The minimum absolute atomic E-state index is 0.0832. The molecule has 3 rings (SSSR count). The summed E-state index contributed by atoms with van der Waals surface area (Å²) in [5.41, 5.74) is 2.14. The standard InChI is InChI=1S/C28H32BrN3O4S2/c1-5-30-28(34)21(3)31(18-22-8-10-23(29)11-9-22)27(33)19-32(24-12-6-20(2)7-13-24)38(35,36)26-16-14-25(37-4)15-17-26/h6-17,21H,5,18-19H2,1-4H3,(H,30,34)/t21-/m1/s1. The third kappa shape index (κ3) is 7.39. The number of carbonyl (C=O) groups excluding carboxylic acids is 2. The van der Waals surface area contributed by atoms with Gasteiger partial charge in [-0.3, -0.25) is 13.9 Å². The number of sulfonamides is 1. The summed E-state index contributed by atoms with van der Waals surface area (Å²) < 4.78 is 29.7. The third-order valence-corrected chi connectivity index (χ3v) is 9.09. The fourth-order valence-electron chi connectivity index (χ4n) is 3.81. The molecule has 38 heavy (non-hydrogen) atoms. The second kappa shape index (κ2) is 13.3. The molecule has 3 aromatic rings. The molecule has 0 heterocycles. The summed E-state index contributed by atoms with van der Waals surface area (Å²) in [5, 5.41) is 2.76. The largest absolute Gasteiger partial charge is 0.355 e. The first kappa shape index (κ1) is 29.7. The minimum Gasteiger partial charge on any atom is -0.355 e. The van der Waals surface area contributed by atoms with Gasteiger partial charge in [0.05, 0.1) is 10.6 Å². The highest BCUT2D eigenvalue weighted by Crippen LogP contribution is 2.26. The van der Waals surface area contributed by atoms with E-state index in [2.05, 4.69) is 21.2 Å². The molecule has 1 N–H and O–H groups in total. The van der Waals surface area contributed by atoms with Crippen LogP contribution >= 0.6 is 27.7 Å². The average molecular weight is 619 g/mol. The van der Waals surface area contributed by atoms with Gasteiger partial charge in [-0.2, -0.15) is 0 Å². The molecule has 202 valence electrons. The molecule has 10 heteroatoms. The number of likely N-dealkylation sites (N-methyl/N-ethyl adjacent to an activating group) is 1. The Balaban J connectivity index is 2.01. The molecule has 1 atom stereocenters. The summed E-state index contributed by atoms with van der Waals surface area (Å²) >= 11 is 4.92. The maximum atomic E-state index is 13.8. The average Bonchev–Trinajstić information content (AvgIpc) is 2.91. The summed E-state index contributed by atoms with van der Waals surface area (Å²) in [7, 11) is -4.09. The SMILES string of the molecule is CCNC(=O)[C@@H](C)N(Cc1ccc(Br)cc1)C(=O)CN(c1ccc(C)cc1)S(=O)(=O)c1ccc(SC)cc1. The number of thioether (sulfide) groups is 1. The van der Waals surface area contributed by atoms with Crippen molar-refractivity contribution in [2.45, 2.75) is 43.1 Å². The van der Waals surface area contributed by atoms with Crippen LogP contribution in [0.15, 0.2) is 87.1 Å². The van der Waals surface area contributed by atoms with Gasteiger partial charge < -0.3 is 10.2 Å². The fraction of sp³-hybridized carbons (Fsp3) is 0.286. The predicted octanol–water partition coefficient (Wildman–Crippen LogP) is 5.23. The summed E-state index contributed by atoms with van der Waals surface area (Å²) in [6, 6.07) is 20.2. The van der Waals surface area contributed by atoms with Crippen molar-refractivity contribution in [3.8, 4) is 0 Å². The van der Waals surface area contributed by atoms with E-state index in [0.29, 0.717) is 12.2 Å². The van der Waals surface area contributed by atoms with Gasteiger partial charge in [0.25, 0.3) is 10.0 Å². The molecule has 0 unspecified atom stereocenters. The third-order valence-electron chi connectivity index (χ3n) is 6.03. The van der Waals surface area contributed by atoms with Crippen LogP contribution in [0.5, 0.6) is 0 Å². The molecule has 0 aliphatic heterocycles. The van der Waals surface area contributed by atoms with Crippen LogP contribution in [0.3, 0.4) is 0 Å². The van der Waals surface area contributed by atoms with E-state index in [1.165, 1.54) is 16.7 Å². The quantitative estimate of drug-likeness (QED) is 0.298. The topological polar surface area (TPSA) is 86.8 Å². The zero-order chi connectivity index (χ0) is 27.9. The Kier molecular flexibility index (Phi) is 10.4. The Morgan fingerprint density at radius 3 is 2.13 bits per heavy atom. The van der Waals surface area contributed by atoms with E-state index in [-0.39, 0.29) is 17.3 Å². The molecule has 0 aliphatic rings. The number of rotatable bonds is 11. The van der Waals surface area contributed by atoms with Crippen molar-refractivity contribution >= 4 is 55.2 Å². The highest BCUT2D eigenvalue weighted by Gasteiger charge is 2.32. The molecule has 0 bridgehead atoms. The normalized spacial score (nSPS) is 12.0. The highest BCUT2D eigenvalue weighted by molar-refractivity contribution is 9.10. The zero-order valence-corrected chi connectivity index (χ0v) is 25.1.